The van der Waals surface area contributed by atoms with Crippen molar-refractivity contribution in [3.05, 3.63) is 59.2 Å². The van der Waals surface area contributed by atoms with Crippen molar-refractivity contribution >= 4 is 23.5 Å². The molecule has 0 unspecified atom stereocenters. The van der Waals surface area contributed by atoms with Crippen LogP contribution in [0, 0.1) is 6.92 Å². The van der Waals surface area contributed by atoms with Gasteiger partial charge in [-0.05, 0) is 29.7 Å². The Morgan fingerprint density at radius 1 is 0.882 bits per heavy atom. The molecule has 0 fully saturated rings. The lowest BCUT2D eigenvalue weighted by Crippen LogP contribution is -1.98. The highest BCUT2D eigenvalue weighted by Gasteiger charge is 2.01. The third-order valence-electron chi connectivity index (χ3n) is 2.85. The molecule has 0 amide bonds. The van der Waals surface area contributed by atoms with Crippen LogP contribution in [0.4, 0.5) is 11.4 Å². The molecular weight excluding hydrogens is 208 g/mol. The summed E-state index contributed by atoms with van der Waals surface area (Å²) in [5.41, 5.74) is 16.2. The zero-order valence-corrected chi connectivity index (χ0v) is 9.85. The lowest BCUT2D eigenvalue weighted by Gasteiger charge is -2.07. The molecule has 0 aliphatic heterocycles. The van der Waals surface area contributed by atoms with Crippen LogP contribution in [0.1, 0.15) is 16.7 Å². The van der Waals surface area contributed by atoms with E-state index in [2.05, 4.69) is 24.3 Å². The van der Waals surface area contributed by atoms with Crippen LogP contribution in [0.3, 0.4) is 0 Å². The minimum absolute atomic E-state index is 0.638. The highest BCUT2D eigenvalue weighted by Crippen LogP contribution is 2.24. The average Bonchev–Trinajstić information content (AvgIpc) is 2.36. The first-order chi connectivity index (χ1) is 8.18. The highest BCUT2D eigenvalue weighted by molar-refractivity contribution is 5.78. The van der Waals surface area contributed by atoms with E-state index in [1.807, 2.05) is 37.3 Å². The summed E-state index contributed by atoms with van der Waals surface area (Å²) in [5.74, 6) is 0. The summed E-state index contributed by atoms with van der Waals surface area (Å²) in [6, 6.07) is 14.0. The van der Waals surface area contributed by atoms with Gasteiger partial charge >= 0.3 is 0 Å². The summed E-state index contributed by atoms with van der Waals surface area (Å²) >= 11 is 0. The van der Waals surface area contributed by atoms with Crippen molar-refractivity contribution in [1.82, 2.24) is 0 Å². The van der Waals surface area contributed by atoms with Crippen LogP contribution in [-0.4, -0.2) is 0 Å². The molecular formula is C15H16N2. The van der Waals surface area contributed by atoms with Gasteiger partial charge in [-0.15, -0.1) is 0 Å². The van der Waals surface area contributed by atoms with Crippen molar-refractivity contribution in [2.75, 3.05) is 11.5 Å². The standard InChI is InChI=1S/C15H16N2/c1-11-13(9-10-14(16)15(11)17)8-7-12-5-3-2-4-6-12/h2-10H,16-17H2,1H3. The quantitative estimate of drug-likeness (QED) is 0.607. The van der Waals surface area contributed by atoms with Gasteiger partial charge in [0, 0.05) is 0 Å². The number of hydrogen-bond acceptors (Lipinski definition) is 2. The SMILES string of the molecule is Cc1c(C=Cc2ccccc2)ccc(N)c1N. The molecule has 17 heavy (non-hydrogen) atoms. The van der Waals surface area contributed by atoms with E-state index in [0.717, 1.165) is 11.1 Å². The Kier molecular flexibility index (Phi) is 3.15. The Morgan fingerprint density at radius 3 is 2.29 bits per heavy atom. The molecule has 0 aliphatic rings. The Balaban J connectivity index is 2.31. The van der Waals surface area contributed by atoms with E-state index in [1.165, 1.54) is 5.56 Å². The summed E-state index contributed by atoms with van der Waals surface area (Å²) in [7, 11) is 0. The van der Waals surface area contributed by atoms with Gasteiger partial charge < -0.3 is 11.5 Å². The zero-order chi connectivity index (χ0) is 12.3. The Hall–Kier alpha value is -2.22. The lowest BCUT2D eigenvalue weighted by atomic mass is 10.0. The smallest absolute Gasteiger partial charge is 0.0583 e. The fourth-order valence-corrected chi connectivity index (χ4v) is 1.70. The molecule has 2 rings (SSSR count). The van der Waals surface area contributed by atoms with Gasteiger partial charge in [0.15, 0.2) is 0 Å². The Bertz CT molecular complexity index is 542. The summed E-state index contributed by atoms with van der Waals surface area (Å²) < 4.78 is 0. The molecule has 0 bridgehead atoms. The van der Waals surface area contributed by atoms with E-state index in [1.54, 1.807) is 0 Å². The molecule has 0 saturated heterocycles. The Labute approximate surface area is 102 Å². The molecule has 0 heterocycles. The van der Waals surface area contributed by atoms with E-state index < -0.39 is 0 Å². The first kappa shape index (κ1) is 11.3. The molecule has 0 spiro atoms. The first-order valence-electron chi connectivity index (χ1n) is 5.56. The van der Waals surface area contributed by atoms with Crippen molar-refractivity contribution < 1.29 is 0 Å². The first-order valence-corrected chi connectivity index (χ1v) is 5.56. The van der Waals surface area contributed by atoms with Gasteiger partial charge in [0.1, 0.15) is 0 Å². The maximum Gasteiger partial charge on any atom is 0.0583 e. The van der Waals surface area contributed by atoms with Crippen LogP contribution < -0.4 is 11.5 Å². The molecule has 0 radical (unpaired) electrons. The van der Waals surface area contributed by atoms with Gasteiger partial charge in [-0.2, -0.15) is 0 Å². The number of benzene rings is 2. The fourth-order valence-electron chi connectivity index (χ4n) is 1.70. The minimum atomic E-state index is 0.638. The van der Waals surface area contributed by atoms with Crippen LogP contribution in [0.2, 0.25) is 0 Å². The number of nitrogen functional groups attached to an aromatic ring is 2. The van der Waals surface area contributed by atoms with E-state index >= 15 is 0 Å². The molecule has 2 aromatic rings. The molecule has 86 valence electrons. The van der Waals surface area contributed by atoms with E-state index in [-0.39, 0.29) is 0 Å². The van der Waals surface area contributed by atoms with E-state index in [9.17, 15) is 0 Å². The van der Waals surface area contributed by atoms with Gasteiger partial charge in [-0.25, -0.2) is 0 Å². The van der Waals surface area contributed by atoms with Gasteiger partial charge in [0.2, 0.25) is 0 Å². The number of hydrogen-bond donors (Lipinski definition) is 2. The second-order valence-corrected chi connectivity index (χ2v) is 4.03. The number of anilines is 2. The van der Waals surface area contributed by atoms with Crippen LogP contribution in [0.5, 0.6) is 0 Å². The van der Waals surface area contributed by atoms with Gasteiger partial charge in [-0.3, -0.25) is 0 Å². The zero-order valence-electron chi connectivity index (χ0n) is 9.85. The molecule has 0 saturated carbocycles. The fraction of sp³-hybridized carbons (Fsp3) is 0.0667. The number of nitrogens with two attached hydrogens (primary N) is 2. The highest BCUT2D eigenvalue weighted by atomic mass is 14.7. The van der Waals surface area contributed by atoms with Crippen LogP contribution in [-0.2, 0) is 0 Å². The molecule has 0 atom stereocenters. The minimum Gasteiger partial charge on any atom is -0.397 e. The predicted molar refractivity (Wildman–Crippen MR) is 75.4 cm³/mol. The molecule has 0 aromatic heterocycles. The maximum atomic E-state index is 5.89. The second kappa shape index (κ2) is 4.74. The van der Waals surface area contributed by atoms with Crippen LogP contribution in [0.15, 0.2) is 42.5 Å². The summed E-state index contributed by atoms with van der Waals surface area (Å²) in [4.78, 5) is 0. The largest absolute Gasteiger partial charge is 0.397 e. The second-order valence-electron chi connectivity index (χ2n) is 4.03. The molecule has 2 heteroatoms. The third-order valence-corrected chi connectivity index (χ3v) is 2.85. The van der Waals surface area contributed by atoms with Crippen molar-refractivity contribution in [2.24, 2.45) is 0 Å². The van der Waals surface area contributed by atoms with Gasteiger partial charge in [-0.1, -0.05) is 48.6 Å². The van der Waals surface area contributed by atoms with Crippen molar-refractivity contribution in [1.29, 1.82) is 0 Å². The van der Waals surface area contributed by atoms with E-state index in [0.29, 0.717) is 11.4 Å². The molecule has 4 N–H and O–H groups in total. The molecule has 2 nitrogen and oxygen atoms in total. The van der Waals surface area contributed by atoms with E-state index in [4.69, 9.17) is 11.5 Å². The lowest BCUT2D eigenvalue weighted by molar-refractivity contribution is 1.44. The molecule has 0 aliphatic carbocycles. The average molecular weight is 224 g/mol. The van der Waals surface area contributed by atoms with Crippen molar-refractivity contribution in [2.45, 2.75) is 6.92 Å². The van der Waals surface area contributed by atoms with Crippen molar-refractivity contribution in [3.63, 3.8) is 0 Å². The van der Waals surface area contributed by atoms with Crippen LogP contribution in [0.25, 0.3) is 12.2 Å². The third kappa shape index (κ3) is 2.48. The molecule has 2 aromatic carbocycles. The van der Waals surface area contributed by atoms with Gasteiger partial charge in [0.05, 0.1) is 11.4 Å². The monoisotopic (exact) mass is 224 g/mol. The summed E-state index contributed by atoms with van der Waals surface area (Å²) in [6.45, 7) is 1.98. The van der Waals surface area contributed by atoms with Crippen molar-refractivity contribution in [3.8, 4) is 0 Å². The topological polar surface area (TPSA) is 52.0 Å². The van der Waals surface area contributed by atoms with Gasteiger partial charge in [0.25, 0.3) is 0 Å². The maximum absolute atomic E-state index is 5.89. The normalized spacial score (nSPS) is 10.9. The summed E-state index contributed by atoms with van der Waals surface area (Å²) in [6.07, 6.45) is 4.12. The summed E-state index contributed by atoms with van der Waals surface area (Å²) in [5, 5.41) is 0. The Morgan fingerprint density at radius 2 is 1.59 bits per heavy atom. The number of rotatable bonds is 2. The predicted octanol–water partition coefficient (Wildman–Crippen LogP) is 3.33. The van der Waals surface area contributed by atoms with Crippen LogP contribution >= 0.6 is 0 Å².